The fraction of sp³-hybridized carbons (Fsp3) is 0.261. The van der Waals surface area contributed by atoms with Gasteiger partial charge in [-0.15, -0.1) is 5.10 Å². The van der Waals surface area contributed by atoms with Crippen molar-refractivity contribution in [3.63, 3.8) is 0 Å². The highest BCUT2D eigenvalue weighted by atomic mass is 16.4. The second-order valence-electron chi connectivity index (χ2n) is 7.85. The Morgan fingerprint density at radius 2 is 1.97 bits per heavy atom. The van der Waals surface area contributed by atoms with E-state index in [9.17, 15) is 19.8 Å². The summed E-state index contributed by atoms with van der Waals surface area (Å²) in [5.41, 5.74) is 1.95. The molecule has 2 atom stereocenters. The first-order valence-corrected chi connectivity index (χ1v) is 9.95. The normalized spacial score (nSPS) is 13.5. The Bertz CT molecular complexity index is 1120. The first kappa shape index (κ1) is 22.7. The molecular formula is C23H23N5O4. The number of carbonyl (C=O) groups excluding carboxylic acids is 1. The van der Waals surface area contributed by atoms with Crippen molar-refractivity contribution in [3.8, 4) is 17.2 Å². The van der Waals surface area contributed by atoms with Crippen molar-refractivity contribution in [2.45, 2.75) is 25.8 Å². The zero-order chi connectivity index (χ0) is 23.1. The molecule has 1 aromatic heterocycles. The summed E-state index contributed by atoms with van der Waals surface area (Å²) in [5, 5.41) is 40.8. The molecule has 3 rings (SSSR count). The molecule has 1 amide bonds. The summed E-state index contributed by atoms with van der Waals surface area (Å²) in [7, 11) is 0. The van der Waals surface area contributed by atoms with Gasteiger partial charge in [-0.05, 0) is 48.6 Å². The molecule has 0 aliphatic rings. The lowest BCUT2D eigenvalue weighted by atomic mass is 9.82. The third-order valence-electron chi connectivity index (χ3n) is 5.31. The second kappa shape index (κ2) is 9.85. The lowest BCUT2D eigenvalue weighted by Crippen LogP contribution is -2.44. The number of nitrogens with one attached hydrogen (secondary N) is 2. The van der Waals surface area contributed by atoms with Gasteiger partial charge in [0.2, 0.25) is 0 Å². The topological polar surface area (TPSA) is 152 Å². The minimum atomic E-state index is -1.42. The van der Waals surface area contributed by atoms with E-state index in [-0.39, 0.29) is 12.1 Å². The molecule has 9 nitrogen and oxygen atoms in total. The number of carboxylic acid groups (broad SMARTS) is 1. The molecule has 0 saturated heterocycles. The summed E-state index contributed by atoms with van der Waals surface area (Å²) in [5.74, 6) is -1.63. The fourth-order valence-electron chi connectivity index (χ4n) is 3.40. The van der Waals surface area contributed by atoms with Crippen molar-refractivity contribution in [2.75, 3.05) is 6.61 Å². The maximum absolute atomic E-state index is 12.5. The van der Waals surface area contributed by atoms with E-state index in [1.165, 1.54) is 13.1 Å². The number of aromatic amines is 1. The summed E-state index contributed by atoms with van der Waals surface area (Å²) >= 11 is 0. The summed E-state index contributed by atoms with van der Waals surface area (Å²) in [4.78, 5) is 24.2. The van der Waals surface area contributed by atoms with Gasteiger partial charge >= 0.3 is 5.97 Å². The Morgan fingerprint density at radius 1 is 1.22 bits per heavy atom. The van der Waals surface area contributed by atoms with Gasteiger partial charge in [0, 0.05) is 6.04 Å². The largest absolute Gasteiger partial charge is 0.481 e. The molecule has 0 unspecified atom stereocenters. The maximum atomic E-state index is 12.5. The minimum Gasteiger partial charge on any atom is -0.481 e. The number of aromatic nitrogens is 3. The van der Waals surface area contributed by atoms with Crippen LogP contribution in [0, 0.1) is 16.7 Å². The number of carboxylic acids is 1. The van der Waals surface area contributed by atoms with Crippen LogP contribution in [0.2, 0.25) is 0 Å². The monoisotopic (exact) mass is 433 g/mol. The molecule has 0 aliphatic carbocycles. The molecule has 0 bridgehead atoms. The Hall–Kier alpha value is -4.03. The highest BCUT2D eigenvalue weighted by molar-refractivity contribution is 5.92. The first-order valence-electron chi connectivity index (χ1n) is 9.95. The Morgan fingerprint density at radius 3 is 2.56 bits per heavy atom. The van der Waals surface area contributed by atoms with Gasteiger partial charge in [0.1, 0.15) is 0 Å². The van der Waals surface area contributed by atoms with Crippen LogP contribution >= 0.6 is 0 Å². The number of aliphatic carboxylic acids is 1. The van der Waals surface area contributed by atoms with Crippen molar-refractivity contribution < 1.29 is 19.8 Å². The molecule has 164 valence electrons. The lowest BCUT2D eigenvalue weighted by Gasteiger charge is -2.28. The number of hydrogen-bond acceptors (Lipinski definition) is 6. The van der Waals surface area contributed by atoms with E-state index < -0.39 is 29.9 Å². The van der Waals surface area contributed by atoms with Crippen LogP contribution in [-0.4, -0.2) is 50.1 Å². The van der Waals surface area contributed by atoms with Crippen LogP contribution < -0.4 is 5.32 Å². The Labute approximate surface area is 184 Å². The van der Waals surface area contributed by atoms with Crippen molar-refractivity contribution in [1.29, 1.82) is 5.26 Å². The summed E-state index contributed by atoms with van der Waals surface area (Å²) in [6.07, 6.45) is 1.72. The van der Waals surface area contributed by atoms with Gasteiger partial charge in [-0.25, -0.2) is 0 Å². The highest BCUT2D eigenvalue weighted by Crippen LogP contribution is 2.26. The smallest absolute Gasteiger partial charge is 0.311 e. The van der Waals surface area contributed by atoms with Crippen molar-refractivity contribution >= 4 is 11.9 Å². The minimum absolute atomic E-state index is 0.0222. The number of aliphatic hydroxyl groups is 1. The number of aliphatic hydroxyl groups excluding tert-OH is 1. The van der Waals surface area contributed by atoms with Crippen LogP contribution in [-0.2, 0) is 11.2 Å². The zero-order valence-electron chi connectivity index (χ0n) is 17.4. The van der Waals surface area contributed by atoms with Crippen LogP contribution in [0.25, 0.3) is 11.1 Å². The van der Waals surface area contributed by atoms with E-state index in [0.717, 1.165) is 16.7 Å². The summed E-state index contributed by atoms with van der Waals surface area (Å²) in [6.45, 7) is 0.878. The molecule has 4 N–H and O–H groups in total. The van der Waals surface area contributed by atoms with Gasteiger partial charge in [-0.2, -0.15) is 5.26 Å². The Kier molecular flexibility index (Phi) is 6.97. The number of nitrogens with zero attached hydrogens (tertiary/aromatic N) is 3. The predicted molar refractivity (Wildman–Crippen MR) is 115 cm³/mol. The molecule has 1 heterocycles. The zero-order valence-corrected chi connectivity index (χ0v) is 17.4. The SMILES string of the molecule is C[C@@](CO)(C[C@@H](Cc1ccc(-c2cccc(C#N)c2)cc1)NC(=O)c1c[nH]nn1)C(=O)O. The average Bonchev–Trinajstić information content (AvgIpc) is 3.34. The molecule has 32 heavy (non-hydrogen) atoms. The number of rotatable bonds is 9. The van der Waals surface area contributed by atoms with Gasteiger partial charge in [0.25, 0.3) is 5.91 Å². The maximum Gasteiger partial charge on any atom is 0.311 e. The van der Waals surface area contributed by atoms with Gasteiger partial charge in [-0.1, -0.05) is 41.6 Å². The van der Waals surface area contributed by atoms with Crippen LogP contribution in [0.3, 0.4) is 0 Å². The van der Waals surface area contributed by atoms with Gasteiger partial charge < -0.3 is 15.5 Å². The van der Waals surface area contributed by atoms with Crippen molar-refractivity contribution in [1.82, 2.24) is 20.7 Å². The summed E-state index contributed by atoms with van der Waals surface area (Å²) in [6, 6.07) is 16.4. The van der Waals surface area contributed by atoms with Gasteiger partial charge in [-0.3, -0.25) is 14.7 Å². The van der Waals surface area contributed by atoms with E-state index in [2.05, 4.69) is 26.8 Å². The standard InChI is InChI=1S/C23H23N5O4/c1-23(14-29,22(31)32)11-19(26-21(30)20-13-25-28-27-20)10-15-5-7-17(8-6-15)18-4-2-3-16(9-18)12-24/h2-9,13,19,29H,10-11,14H2,1H3,(H,26,30)(H,31,32)(H,25,27,28)/t19-,23+/m1/s1. The highest BCUT2D eigenvalue weighted by Gasteiger charge is 2.36. The molecule has 0 radical (unpaired) electrons. The number of H-pyrrole nitrogens is 1. The molecule has 2 aromatic carbocycles. The second-order valence-corrected chi connectivity index (χ2v) is 7.85. The van der Waals surface area contributed by atoms with E-state index in [1.807, 2.05) is 36.4 Å². The first-order chi connectivity index (χ1) is 15.3. The van der Waals surface area contributed by atoms with E-state index in [1.54, 1.807) is 12.1 Å². The molecule has 0 saturated carbocycles. The quantitative estimate of drug-likeness (QED) is 0.403. The van der Waals surface area contributed by atoms with Crippen molar-refractivity contribution in [2.24, 2.45) is 5.41 Å². The molecule has 0 aliphatic heterocycles. The van der Waals surface area contributed by atoms with Gasteiger partial charge in [0.05, 0.1) is 29.9 Å². The third-order valence-corrected chi connectivity index (χ3v) is 5.31. The van der Waals surface area contributed by atoms with Crippen LogP contribution in [0.4, 0.5) is 0 Å². The average molecular weight is 433 g/mol. The number of benzene rings is 2. The predicted octanol–water partition coefficient (Wildman–Crippen LogP) is 2.16. The number of carbonyl (C=O) groups is 2. The van der Waals surface area contributed by atoms with Crippen LogP contribution in [0.1, 0.15) is 35.0 Å². The molecule has 0 spiro atoms. The lowest BCUT2D eigenvalue weighted by molar-refractivity contribution is -0.151. The third kappa shape index (κ3) is 5.36. The van der Waals surface area contributed by atoms with E-state index >= 15 is 0 Å². The van der Waals surface area contributed by atoms with Gasteiger partial charge in [0.15, 0.2) is 5.69 Å². The van der Waals surface area contributed by atoms with Crippen LogP contribution in [0.15, 0.2) is 54.7 Å². The summed E-state index contributed by atoms with van der Waals surface area (Å²) < 4.78 is 0. The number of amides is 1. The molecular weight excluding hydrogens is 410 g/mol. The van der Waals surface area contributed by atoms with E-state index in [4.69, 9.17) is 5.26 Å². The molecule has 0 fully saturated rings. The number of hydrogen-bond donors (Lipinski definition) is 4. The van der Waals surface area contributed by atoms with Crippen LogP contribution in [0.5, 0.6) is 0 Å². The Balaban J connectivity index is 1.80. The van der Waals surface area contributed by atoms with E-state index in [0.29, 0.717) is 12.0 Å². The fourth-order valence-corrected chi connectivity index (χ4v) is 3.40. The molecule has 3 aromatic rings. The molecule has 9 heteroatoms. The van der Waals surface area contributed by atoms with Crippen molar-refractivity contribution in [3.05, 3.63) is 71.5 Å². The number of nitriles is 1.